The topological polar surface area (TPSA) is 296 Å². The maximum Gasteiger partial charge on any atom is 0.243 e. The van der Waals surface area contributed by atoms with Crippen LogP contribution in [0.15, 0.2) is 109 Å². The van der Waals surface area contributed by atoms with Crippen LogP contribution in [0, 0.1) is 0 Å². The van der Waals surface area contributed by atoms with E-state index in [1.54, 1.807) is 0 Å². The Morgan fingerprint density at radius 1 is 0.316 bits per heavy atom. The maximum atomic E-state index is 14.1. The van der Waals surface area contributed by atoms with Gasteiger partial charge in [0.25, 0.3) is 0 Å². The number of rotatable bonds is 56. The highest BCUT2D eigenvalue weighted by atomic mass is 16.6. The molecule has 0 unspecified atom stereocenters. The van der Waals surface area contributed by atoms with Crippen molar-refractivity contribution in [1.82, 2.24) is 21.3 Å². The van der Waals surface area contributed by atoms with Crippen LogP contribution in [0.5, 0.6) is 0 Å². The van der Waals surface area contributed by atoms with E-state index in [9.17, 15) is 24.0 Å². The third-order valence-corrected chi connectivity index (χ3v) is 16.5. The van der Waals surface area contributed by atoms with Crippen LogP contribution in [0.1, 0.15) is 56.1 Å². The number of carbonyl (C=O) groups is 5. The average molecular weight is 1360 g/mol. The number of amides is 5. The number of nitrogens with one attached hydrogen (secondary N) is 4. The minimum Gasteiger partial charge on any atom is -0.379 e. The largest absolute Gasteiger partial charge is 0.379 e. The number of ether oxygens (including phenoxy) is 12. The molecule has 0 spiro atoms. The zero-order valence-electron chi connectivity index (χ0n) is 56.6. The van der Waals surface area contributed by atoms with Gasteiger partial charge in [0.1, 0.15) is 12.1 Å². The second-order valence-electron chi connectivity index (χ2n) is 23.7. The van der Waals surface area contributed by atoms with Crippen molar-refractivity contribution in [2.24, 2.45) is 11.5 Å². The number of unbranched alkanes of at least 4 members (excludes halogenated alkanes) is 3. The van der Waals surface area contributed by atoms with Crippen molar-refractivity contribution < 1.29 is 80.8 Å². The van der Waals surface area contributed by atoms with Gasteiger partial charge in [0.2, 0.25) is 29.5 Å². The molecule has 0 aliphatic rings. The Bertz CT molecular complexity index is 3600. The molecule has 23 heteroatoms. The van der Waals surface area contributed by atoms with Crippen molar-refractivity contribution in [3.63, 3.8) is 0 Å². The van der Waals surface area contributed by atoms with Gasteiger partial charge in [-0.2, -0.15) is 0 Å². The van der Waals surface area contributed by atoms with Crippen LogP contribution in [0.25, 0.3) is 64.6 Å². The third-order valence-electron chi connectivity index (χ3n) is 16.5. The van der Waals surface area contributed by atoms with E-state index >= 15 is 0 Å². The average Bonchev–Trinajstić information content (AvgIpc) is 0.751. The summed E-state index contributed by atoms with van der Waals surface area (Å²) in [6.07, 6.45) is 3.72. The van der Waals surface area contributed by atoms with E-state index in [0.29, 0.717) is 165 Å². The number of hydrogen-bond donors (Lipinski definition) is 6. The number of nitrogens with two attached hydrogens (primary N) is 2. The van der Waals surface area contributed by atoms with Crippen LogP contribution in [0.3, 0.4) is 0 Å². The van der Waals surface area contributed by atoms with E-state index in [1.807, 2.05) is 12.1 Å². The minimum atomic E-state index is -0.855. The molecule has 0 aromatic heterocycles. The van der Waals surface area contributed by atoms with Gasteiger partial charge >= 0.3 is 0 Å². The summed E-state index contributed by atoms with van der Waals surface area (Å²) >= 11 is 0. The van der Waals surface area contributed by atoms with Crippen LogP contribution in [0.4, 0.5) is 0 Å². The van der Waals surface area contributed by atoms with E-state index in [1.165, 1.54) is 10.8 Å². The first-order chi connectivity index (χ1) is 48.2. The predicted molar refractivity (Wildman–Crippen MR) is 378 cm³/mol. The first-order valence-electron chi connectivity index (χ1n) is 34.5. The number of benzene rings is 8. The zero-order chi connectivity index (χ0) is 68.6. The summed E-state index contributed by atoms with van der Waals surface area (Å²) in [7, 11) is 0. The first kappa shape index (κ1) is 76.4. The van der Waals surface area contributed by atoms with Gasteiger partial charge in [-0.1, -0.05) is 122 Å². The molecule has 0 fully saturated rings. The van der Waals surface area contributed by atoms with E-state index < -0.39 is 18.0 Å². The Morgan fingerprint density at radius 3 is 1.03 bits per heavy atom. The molecular formula is C75H100N6O17. The van der Waals surface area contributed by atoms with Crippen LogP contribution < -0.4 is 32.7 Å². The van der Waals surface area contributed by atoms with Crippen molar-refractivity contribution in [2.75, 3.05) is 178 Å². The molecule has 8 N–H and O–H groups in total. The van der Waals surface area contributed by atoms with Gasteiger partial charge in [0, 0.05) is 51.7 Å². The fraction of sp³-hybridized carbons (Fsp3) is 0.507. The molecule has 0 aliphatic heterocycles. The molecule has 23 nitrogen and oxygen atoms in total. The normalized spacial score (nSPS) is 12.4. The predicted octanol–water partition coefficient (Wildman–Crippen LogP) is 6.84. The van der Waals surface area contributed by atoms with Gasteiger partial charge < -0.3 is 89.6 Å². The molecule has 8 aromatic carbocycles. The summed E-state index contributed by atoms with van der Waals surface area (Å²) in [5.74, 6) is -1.53. The second kappa shape index (κ2) is 44.6. The van der Waals surface area contributed by atoms with Gasteiger partial charge in [-0.3, -0.25) is 24.0 Å². The van der Waals surface area contributed by atoms with Crippen LogP contribution >= 0.6 is 0 Å². The molecule has 0 heterocycles. The van der Waals surface area contributed by atoms with Crippen LogP contribution in [-0.4, -0.2) is 220 Å². The smallest absolute Gasteiger partial charge is 0.243 e. The van der Waals surface area contributed by atoms with Crippen molar-refractivity contribution in [2.45, 2.75) is 69.9 Å². The summed E-state index contributed by atoms with van der Waals surface area (Å²) in [6.45, 7) is 10.5. The summed E-state index contributed by atoms with van der Waals surface area (Å²) in [5.41, 5.74) is 12.4. The monoisotopic (exact) mass is 1360 g/mol. The Labute approximate surface area is 573 Å². The molecule has 0 aliphatic carbocycles. The highest BCUT2D eigenvalue weighted by Crippen LogP contribution is 2.38. The lowest BCUT2D eigenvalue weighted by atomic mass is 9.90. The Balaban J connectivity index is 0.746. The maximum absolute atomic E-state index is 14.1. The van der Waals surface area contributed by atoms with Crippen molar-refractivity contribution in [3.8, 4) is 0 Å². The zero-order valence-corrected chi connectivity index (χ0v) is 56.6. The van der Waals surface area contributed by atoms with Crippen molar-refractivity contribution in [3.05, 3.63) is 120 Å². The Hall–Kier alpha value is -7.33. The number of primary amides is 1. The Kier molecular flexibility index (Phi) is 34.8. The van der Waals surface area contributed by atoms with E-state index in [4.69, 9.17) is 68.3 Å². The van der Waals surface area contributed by atoms with Gasteiger partial charge in [0.15, 0.2) is 0 Å². The van der Waals surface area contributed by atoms with E-state index in [-0.39, 0.29) is 82.1 Å². The quantitative estimate of drug-likeness (QED) is 0.0168. The van der Waals surface area contributed by atoms with Gasteiger partial charge in [0.05, 0.1) is 159 Å². The fourth-order valence-corrected chi connectivity index (χ4v) is 11.6. The van der Waals surface area contributed by atoms with E-state index in [0.717, 1.165) is 77.8 Å². The summed E-state index contributed by atoms with van der Waals surface area (Å²) in [4.78, 5) is 66.2. The van der Waals surface area contributed by atoms with Gasteiger partial charge in [-0.25, -0.2) is 0 Å². The molecule has 8 rings (SSSR count). The molecule has 0 saturated heterocycles. The van der Waals surface area contributed by atoms with Crippen LogP contribution in [-0.2, 0) is 93.7 Å². The van der Waals surface area contributed by atoms with Crippen molar-refractivity contribution in [1.29, 1.82) is 0 Å². The van der Waals surface area contributed by atoms with Crippen LogP contribution in [0.2, 0.25) is 0 Å². The molecule has 532 valence electrons. The van der Waals surface area contributed by atoms with Gasteiger partial charge in [-0.15, -0.1) is 0 Å². The molecule has 0 saturated carbocycles. The Morgan fingerprint density at radius 2 is 0.633 bits per heavy atom. The SMILES string of the molecule is NCCOCCOCCOCCOCCOCCOCCC(=O)N[C@H](Cc1ccc2ccc3cccc4ccc1c2c34)C(=O)NCCCCCCC(=O)N[C@H](Cc1ccc2ccc3cccc4ccc1c2c34)C(=O)NCCOCCOCCOCCOCCOCCOCCC(N)=O. The van der Waals surface area contributed by atoms with Gasteiger partial charge in [-0.05, 0) is 88.6 Å². The molecule has 5 amide bonds. The highest BCUT2D eigenvalue weighted by Gasteiger charge is 2.25. The highest BCUT2D eigenvalue weighted by molar-refractivity contribution is 6.24. The summed E-state index contributed by atoms with van der Waals surface area (Å²) < 4.78 is 66.3. The lowest BCUT2D eigenvalue weighted by Gasteiger charge is -2.21. The first-order valence-corrected chi connectivity index (χ1v) is 34.5. The molecule has 0 bridgehead atoms. The number of hydrogen-bond acceptors (Lipinski definition) is 18. The lowest BCUT2D eigenvalue weighted by molar-refractivity contribution is -0.129. The minimum absolute atomic E-state index is 0.0577. The fourth-order valence-electron chi connectivity index (χ4n) is 11.6. The second-order valence-corrected chi connectivity index (χ2v) is 23.7. The standard InChI is InChI=1S/C75H100N6O17/c76-26-31-89-35-39-93-43-47-97-51-49-96-46-42-92-38-34-88-30-25-69(84)81-65(53-61-18-16-59-14-12-55-7-5-9-57-20-22-63(61)72(59)70(55)57)74(85)78-27-4-2-1-3-11-68(83)80-66(54-62-19-17-60-15-13-56-8-6-10-58-21-23-64(62)73(60)71(56)58)75(86)79-28-32-90-36-40-94-44-48-98-52-50-95-45-41-91-37-33-87-29-24-67(77)82/h5-10,12-23,65-66H,1-4,11,24-54,76H2,(H2,77,82)(H,78,85)(H,79,86)(H,80,83)(H,81,84)/t65-,66-/m1/s1. The molecule has 98 heavy (non-hydrogen) atoms. The molecule has 2 atom stereocenters. The molecular weight excluding hydrogens is 1260 g/mol. The summed E-state index contributed by atoms with van der Waals surface area (Å²) in [5, 5.41) is 25.6. The molecule has 8 aromatic rings. The number of carbonyl (C=O) groups excluding carboxylic acids is 5. The van der Waals surface area contributed by atoms with E-state index in [2.05, 4.69) is 118 Å². The third kappa shape index (κ3) is 26.1. The molecule has 0 radical (unpaired) electrons. The van der Waals surface area contributed by atoms with Crippen molar-refractivity contribution >= 4 is 94.2 Å². The lowest BCUT2D eigenvalue weighted by Crippen LogP contribution is -2.48. The summed E-state index contributed by atoms with van der Waals surface area (Å²) in [6, 6.07) is 36.1.